The summed E-state index contributed by atoms with van der Waals surface area (Å²) >= 11 is 6.08. The minimum atomic E-state index is -0.202. The number of nitrogens with two attached hydrogens (primary N) is 1. The van der Waals surface area contributed by atoms with Gasteiger partial charge in [-0.1, -0.05) is 44.5 Å². The molecule has 2 aromatic rings. The van der Waals surface area contributed by atoms with E-state index in [-0.39, 0.29) is 11.3 Å². The molecule has 2 rings (SSSR count). The number of hydrogen-bond donors (Lipinski definition) is 2. The lowest BCUT2D eigenvalue weighted by atomic mass is 9.87. The molecular weight excluding hydrogens is 296 g/mol. The zero-order valence-corrected chi connectivity index (χ0v) is 14.1. The lowest BCUT2D eigenvalue weighted by molar-refractivity contribution is 0.102. The number of nitrogen functional groups attached to an aromatic ring is 1. The molecule has 4 heteroatoms. The average Bonchev–Trinajstić information content (AvgIpc) is 2.44. The van der Waals surface area contributed by atoms with Crippen molar-refractivity contribution in [2.75, 3.05) is 11.1 Å². The van der Waals surface area contributed by atoms with Crippen molar-refractivity contribution >= 4 is 28.9 Å². The van der Waals surface area contributed by atoms with Crippen LogP contribution in [0, 0.1) is 6.92 Å². The lowest BCUT2D eigenvalue weighted by Crippen LogP contribution is -2.15. The second kappa shape index (κ2) is 6.01. The molecule has 0 atom stereocenters. The molecule has 0 aromatic heterocycles. The first-order chi connectivity index (χ1) is 10.2. The van der Waals surface area contributed by atoms with E-state index in [0.717, 1.165) is 5.56 Å². The van der Waals surface area contributed by atoms with Crippen LogP contribution in [0.2, 0.25) is 5.02 Å². The molecule has 3 N–H and O–H groups in total. The number of carbonyl (C=O) groups is 1. The number of rotatable bonds is 2. The maximum absolute atomic E-state index is 12.3. The number of hydrogen-bond acceptors (Lipinski definition) is 2. The van der Waals surface area contributed by atoms with Gasteiger partial charge in [-0.15, -0.1) is 0 Å². The van der Waals surface area contributed by atoms with E-state index in [4.69, 9.17) is 17.3 Å². The number of aryl methyl sites for hydroxylation is 1. The molecular formula is C18H21ClN2O. The smallest absolute Gasteiger partial charge is 0.255 e. The van der Waals surface area contributed by atoms with Crippen LogP contribution in [0.4, 0.5) is 11.4 Å². The normalized spacial score (nSPS) is 11.3. The predicted molar refractivity (Wildman–Crippen MR) is 93.7 cm³/mol. The highest BCUT2D eigenvalue weighted by Gasteiger charge is 2.15. The molecule has 22 heavy (non-hydrogen) atoms. The van der Waals surface area contributed by atoms with E-state index in [1.165, 1.54) is 5.56 Å². The van der Waals surface area contributed by atoms with Gasteiger partial charge in [-0.05, 0) is 47.7 Å². The highest BCUT2D eigenvalue weighted by Crippen LogP contribution is 2.27. The fraction of sp³-hybridized carbons (Fsp3) is 0.278. The largest absolute Gasteiger partial charge is 0.397 e. The van der Waals surface area contributed by atoms with Crippen LogP contribution in [0.25, 0.3) is 0 Å². The molecule has 116 valence electrons. The van der Waals surface area contributed by atoms with E-state index in [1.54, 1.807) is 12.1 Å². The van der Waals surface area contributed by atoms with Crippen LogP contribution in [0.3, 0.4) is 0 Å². The lowest BCUT2D eigenvalue weighted by Gasteiger charge is -2.19. The Bertz CT molecular complexity index is 700. The Kier molecular flexibility index (Phi) is 4.47. The van der Waals surface area contributed by atoms with Crippen molar-refractivity contribution in [2.45, 2.75) is 33.1 Å². The summed E-state index contributed by atoms with van der Waals surface area (Å²) in [6.07, 6.45) is 0. The Hall–Kier alpha value is -2.00. The van der Waals surface area contributed by atoms with Gasteiger partial charge in [0.05, 0.1) is 11.4 Å². The van der Waals surface area contributed by atoms with Crippen LogP contribution in [-0.4, -0.2) is 5.91 Å². The summed E-state index contributed by atoms with van der Waals surface area (Å²) in [6.45, 7) is 8.28. The maximum Gasteiger partial charge on any atom is 0.255 e. The molecule has 0 aliphatic heterocycles. The number of nitrogens with one attached hydrogen (secondary N) is 1. The van der Waals surface area contributed by atoms with Gasteiger partial charge in [-0.25, -0.2) is 0 Å². The minimum absolute atomic E-state index is 0.0594. The SMILES string of the molecule is Cc1cc(N)c(NC(=O)c2ccc(C(C)(C)C)cc2)cc1Cl. The van der Waals surface area contributed by atoms with Gasteiger partial charge in [0.1, 0.15) is 0 Å². The summed E-state index contributed by atoms with van der Waals surface area (Å²) < 4.78 is 0. The molecule has 0 saturated heterocycles. The molecule has 0 heterocycles. The third-order valence-corrected chi connectivity index (χ3v) is 4.00. The van der Waals surface area contributed by atoms with E-state index in [1.807, 2.05) is 31.2 Å². The highest BCUT2D eigenvalue weighted by molar-refractivity contribution is 6.32. The average molecular weight is 317 g/mol. The molecule has 0 bridgehead atoms. The number of anilines is 2. The van der Waals surface area contributed by atoms with Crippen molar-refractivity contribution in [1.29, 1.82) is 0 Å². The van der Waals surface area contributed by atoms with Gasteiger partial charge in [0.15, 0.2) is 0 Å². The molecule has 0 spiro atoms. The number of amides is 1. The Morgan fingerprint density at radius 1 is 1.14 bits per heavy atom. The first kappa shape index (κ1) is 16.4. The Balaban J connectivity index is 2.21. The molecule has 0 unspecified atom stereocenters. The van der Waals surface area contributed by atoms with Gasteiger partial charge in [-0.2, -0.15) is 0 Å². The number of carbonyl (C=O) groups excluding carboxylic acids is 1. The second-order valence-corrected chi connectivity index (χ2v) is 6.88. The summed E-state index contributed by atoms with van der Waals surface area (Å²) in [5, 5.41) is 3.38. The predicted octanol–water partition coefficient (Wildman–Crippen LogP) is 4.78. The molecule has 0 aliphatic rings. The summed E-state index contributed by atoms with van der Waals surface area (Å²) in [4.78, 5) is 12.3. The fourth-order valence-electron chi connectivity index (χ4n) is 2.13. The van der Waals surface area contributed by atoms with Crippen LogP contribution in [0.1, 0.15) is 42.3 Å². The maximum atomic E-state index is 12.3. The molecule has 3 nitrogen and oxygen atoms in total. The summed E-state index contributed by atoms with van der Waals surface area (Å²) in [5.74, 6) is -0.202. The third kappa shape index (κ3) is 3.60. The Morgan fingerprint density at radius 3 is 2.27 bits per heavy atom. The van der Waals surface area contributed by atoms with Gasteiger partial charge < -0.3 is 11.1 Å². The van der Waals surface area contributed by atoms with Crippen LogP contribution >= 0.6 is 11.6 Å². The standard InChI is InChI=1S/C18H21ClN2O/c1-11-9-15(20)16(10-14(11)19)21-17(22)12-5-7-13(8-6-12)18(2,3)4/h5-10H,20H2,1-4H3,(H,21,22). The van der Waals surface area contributed by atoms with Gasteiger partial charge in [-0.3, -0.25) is 4.79 Å². The summed E-state index contributed by atoms with van der Waals surface area (Å²) in [6, 6.07) is 11.0. The Morgan fingerprint density at radius 2 is 1.73 bits per heavy atom. The fourth-order valence-corrected chi connectivity index (χ4v) is 2.29. The molecule has 2 aromatic carbocycles. The Labute approximate surface area is 136 Å². The van der Waals surface area contributed by atoms with E-state index in [0.29, 0.717) is 22.0 Å². The molecule has 0 saturated carbocycles. The van der Waals surface area contributed by atoms with Crippen LogP contribution in [-0.2, 0) is 5.41 Å². The van der Waals surface area contributed by atoms with Crippen molar-refractivity contribution in [3.05, 3.63) is 58.1 Å². The monoisotopic (exact) mass is 316 g/mol. The minimum Gasteiger partial charge on any atom is -0.397 e. The van der Waals surface area contributed by atoms with Gasteiger partial charge in [0, 0.05) is 10.6 Å². The van der Waals surface area contributed by atoms with Crippen LogP contribution in [0.15, 0.2) is 36.4 Å². The van der Waals surface area contributed by atoms with Crippen molar-refractivity contribution in [1.82, 2.24) is 0 Å². The molecule has 0 radical (unpaired) electrons. The van der Waals surface area contributed by atoms with Gasteiger partial charge >= 0.3 is 0 Å². The van der Waals surface area contributed by atoms with E-state index in [2.05, 4.69) is 26.1 Å². The van der Waals surface area contributed by atoms with E-state index >= 15 is 0 Å². The zero-order valence-electron chi connectivity index (χ0n) is 13.3. The van der Waals surface area contributed by atoms with Crippen molar-refractivity contribution < 1.29 is 4.79 Å². The van der Waals surface area contributed by atoms with Crippen molar-refractivity contribution in [3.63, 3.8) is 0 Å². The third-order valence-electron chi connectivity index (χ3n) is 3.59. The molecule has 0 aliphatic carbocycles. The summed E-state index contributed by atoms with van der Waals surface area (Å²) in [5.41, 5.74) is 9.66. The van der Waals surface area contributed by atoms with Gasteiger partial charge in [0.25, 0.3) is 5.91 Å². The topological polar surface area (TPSA) is 55.1 Å². The van der Waals surface area contributed by atoms with Gasteiger partial charge in [0.2, 0.25) is 0 Å². The zero-order chi connectivity index (χ0) is 16.5. The second-order valence-electron chi connectivity index (χ2n) is 6.47. The number of benzene rings is 2. The highest BCUT2D eigenvalue weighted by atomic mass is 35.5. The quantitative estimate of drug-likeness (QED) is 0.783. The molecule has 1 amide bonds. The van der Waals surface area contributed by atoms with Crippen molar-refractivity contribution in [2.24, 2.45) is 0 Å². The van der Waals surface area contributed by atoms with Crippen LogP contribution in [0.5, 0.6) is 0 Å². The number of halogens is 1. The first-order valence-corrected chi connectivity index (χ1v) is 7.54. The molecule has 0 fully saturated rings. The first-order valence-electron chi connectivity index (χ1n) is 7.16. The van der Waals surface area contributed by atoms with E-state index < -0.39 is 0 Å². The van der Waals surface area contributed by atoms with Crippen LogP contribution < -0.4 is 11.1 Å². The van der Waals surface area contributed by atoms with Crippen molar-refractivity contribution in [3.8, 4) is 0 Å². The summed E-state index contributed by atoms with van der Waals surface area (Å²) in [7, 11) is 0. The van der Waals surface area contributed by atoms with E-state index in [9.17, 15) is 4.79 Å².